The van der Waals surface area contributed by atoms with Crippen molar-refractivity contribution in [2.24, 2.45) is 7.05 Å². The number of halogens is 2. The van der Waals surface area contributed by atoms with Gasteiger partial charge >= 0.3 is 12.0 Å². The number of amides is 1. The van der Waals surface area contributed by atoms with Crippen molar-refractivity contribution in [2.45, 2.75) is 32.9 Å². The monoisotopic (exact) mass is 399 g/mol. The number of aryl methyl sites for hydroxylation is 2. The van der Waals surface area contributed by atoms with E-state index in [0.29, 0.717) is 22.9 Å². The largest absolute Gasteiger partial charge is 0.483 e. The fourth-order valence-electron chi connectivity index (χ4n) is 3.49. The molecule has 3 aromatic rings. The fourth-order valence-corrected chi connectivity index (χ4v) is 3.49. The van der Waals surface area contributed by atoms with E-state index in [2.05, 4.69) is 4.98 Å². The highest BCUT2D eigenvalue weighted by atomic mass is 19.3. The standard InChI is InChI=1S/C21H19F2N3O3/c1-4-13-6-5-7-16-18(13)29-21(22,23)20(28)26(16)11-17-24-15-10-12(2)8-9-14(15)19(27)25(17)3/h5-10H,4,11H2,1-3H3. The number of alkyl halides is 2. The zero-order chi connectivity index (χ0) is 20.9. The predicted octanol–water partition coefficient (Wildman–Crippen LogP) is 3.32. The summed E-state index contributed by atoms with van der Waals surface area (Å²) >= 11 is 0. The van der Waals surface area contributed by atoms with Gasteiger partial charge in [0.15, 0.2) is 5.75 Å². The maximum atomic E-state index is 14.3. The third kappa shape index (κ3) is 3.04. The van der Waals surface area contributed by atoms with E-state index in [1.807, 2.05) is 13.8 Å². The van der Waals surface area contributed by atoms with Crippen LogP contribution in [0, 0.1) is 6.92 Å². The molecule has 0 N–H and O–H groups in total. The minimum absolute atomic E-state index is 0.0266. The van der Waals surface area contributed by atoms with E-state index in [9.17, 15) is 18.4 Å². The highest BCUT2D eigenvalue weighted by Gasteiger charge is 2.51. The van der Waals surface area contributed by atoms with Crippen LogP contribution < -0.4 is 15.2 Å². The SMILES string of the molecule is CCc1cccc2c1OC(F)(F)C(=O)N2Cc1nc2cc(C)ccc2c(=O)n1C. The molecule has 150 valence electrons. The summed E-state index contributed by atoms with van der Waals surface area (Å²) in [6, 6.07) is 10.1. The average Bonchev–Trinajstić information content (AvgIpc) is 2.68. The van der Waals surface area contributed by atoms with Crippen molar-refractivity contribution in [1.82, 2.24) is 9.55 Å². The average molecular weight is 399 g/mol. The van der Waals surface area contributed by atoms with Gasteiger partial charge in [0.2, 0.25) is 0 Å². The number of ether oxygens (including phenoxy) is 1. The first-order chi connectivity index (χ1) is 13.7. The van der Waals surface area contributed by atoms with Crippen LogP contribution in [0.1, 0.15) is 23.9 Å². The summed E-state index contributed by atoms with van der Waals surface area (Å²) in [5, 5.41) is 0.425. The van der Waals surface area contributed by atoms with Crippen molar-refractivity contribution < 1.29 is 18.3 Å². The molecule has 8 heteroatoms. The van der Waals surface area contributed by atoms with Crippen molar-refractivity contribution in [3.8, 4) is 5.75 Å². The third-order valence-corrected chi connectivity index (χ3v) is 5.10. The Morgan fingerprint density at radius 3 is 2.66 bits per heavy atom. The topological polar surface area (TPSA) is 64.4 Å². The first-order valence-corrected chi connectivity index (χ1v) is 9.20. The van der Waals surface area contributed by atoms with Gasteiger partial charge in [-0.1, -0.05) is 25.1 Å². The maximum Gasteiger partial charge on any atom is 0.483 e. The summed E-state index contributed by atoms with van der Waals surface area (Å²) in [5.74, 6) is -1.31. The lowest BCUT2D eigenvalue weighted by Gasteiger charge is -2.34. The van der Waals surface area contributed by atoms with Crippen molar-refractivity contribution in [2.75, 3.05) is 4.90 Å². The van der Waals surface area contributed by atoms with Gasteiger partial charge in [-0.3, -0.25) is 19.1 Å². The van der Waals surface area contributed by atoms with E-state index < -0.39 is 12.0 Å². The Kier molecular flexibility index (Phi) is 4.37. The number of hydrogen-bond donors (Lipinski definition) is 0. The fraction of sp³-hybridized carbons (Fsp3) is 0.286. The molecule has 0 fully saturated rings. The second-order valence-corrected chi connectivity index (χ2v) is 7.04. The van der Waals surface area contributed by atoms with Crippen LogP contribution in [-0.4, -0.2) is 21.6 Å². The Labute approximate surface area is 165 Å². The van der Waals surface area contributed by atoms with Crippen LogP contribution in [0.15, 0.2) is 41.2 Å². The minimum Gasteiger partial charge on any atom is -0.423 e. The third-order valence-electron chi connectivity index (χ3n) is 5.10. The Morgan fingerprint density at radius 1 is 1.17 bits per heavy atom. The van der Waals surface area contributed by atoms with Crippen molar-refractivity contribution in [3.05, 3.63) is 63.7 Å². The van der Waals surface area contributed by atoms with E-state index in [0.717, 1.165) is 10.5 Å². The van der Waals surface area contributed by atoms with E-state index in [4.69, 9.17) is 4.74 Å². The quantitative estimate of drug-likeness (QED) is 0.678. The Balaban J connectivity index is 1.87. The molecule has 0 bridgehead atoms. The van der Waals surface area contributed by atoms with E-state index in [1.165, 1.54) is 11.6 Å². The Hall–Kier alpha value is -3.29. The molecule has 0 atom stereocenters. The van der Waals surface area contributed by atoms with Gasteiger partial charge in [0.05, 0.1) is 23.1 Å². The maximum absolute atomic E-state index is 14.3. The second-order valence-electron chi connectivity index (χ2n) is 7.04. The lowest BCUT2D eigenvalue weighted by atomic mass is 10.1. The van der Waals surface area contributed by atoms with Crippen molar-refractivity contribution in [1.29, 1.82) is 0 Å². The summed E-state index contributed by atoms with van der Waals surface area (Å²) in [6.45, 7) is 3.40. The van der Waals surface area contributed by atoms with Gasteiger partial charge in [0, 0.05) is 7.05 Å². The molecule has 0 aliphatic carbocycles. The van der Waals surface area contributed by atoms with Gasteiger partial charge in [-0.05, 0) is 42.7 Å². The van der Waals surface area contributed by atoms with Crippen LogP contribution in [0.3, 0.4) is 0 Å². The number of carbonyl (C=O) groups excluding carboxylic acids is 1. The lowest BCUT2D eigenvalue weighted by Crippen LogP contribution is -2.51. The smallest absolute Gasteiger partial charge is 0.423 e. The van der Waals surface area contributed by atoms with Gasteiger partial charge in [-0.15, -0.1) is 0 Å². The molecule has 0 unspecified atom stereocenters. The summed E-state index contributed by atoms with van der Waals surface area (Å²) in [4.78, 5) is 30.6. The zero-order valence-electron chi connectivity index (χ0n) is 16.2. The van der Waals surface area contributed by atoms with Crippen molar-refractivity contribution in [3.63, 3.8) is 0 Å². The Bertz CT molecular complexity index is 1200. The highest BCUT2D eigenvalue weighted by Crippen LogP contribution is 2.42. The molecule has 0 spiro atoms. The highest BCUT2D eigenvalue weighted by molar-refractivity contribution is 6.01. The van der Waals surface area contributed by atoms with Crippen LogP contribution in [0.2, 0.25) is 0 Å². The first kappa shape index (κ1) is 19.0. The number of aromatic nitrogens is 2. The number of anilines is 1. The number of para-hydroxylation sites is 1. The molecule has 0 saturated heterocycles. The number of hydrogen-bond acceptors (Lipinski definition) is 4. The molecule has 29 heavy (non-hydrogen) atoms. The van der Waals surface area contributed by atoms with E-state index in [1.54, 1.807) is 36.4 Å². The predicted molar refractivity (Wildman–Crippen MR) is 104 cm³/mol. The number of benzene rings is 2. The van der Waals surface area contributed by atoms with Crippen LogP contribution in [0.5, 0.6) is 5.75 Å². The number of rotatable bonds is 3. The van der Waals surface area contributed by atoms with Gasteiger partial charge < -0.3 is 4.74 Å². The minimum atomic E-state index is -4.00. The molecule has 1 aliphatic rings. The number of fused-ring (bicyclic) bond motifs is 2. The van der Waals surface area contributed by atoms with Crippen LogP contribution in [0.25, 0.3) is 10.9 Å². The summed E-state index contributed by atoms with van der Waals surface area (Å²) in [7, 11) is 1.51. The van der Waals surface area contributed by atoms with E-state index in [-0.39, 0.29) is 29.4 Å². The molecule has 2 aromatic carbocycles. The molecule has 1 amide bonds. The molecule has 4 rings (SSSR count). The molecule has 2 heterocycles. The summed E-state index contributed by atoms with van der Waals surface area (Å²) in [5.41, 5.74) is 1.86. The zero-order valence-corrected chi connectivity index (χ0v) is 16.2. The summed E-state index contributed by atoms with van der Waals surface area (Å²) in [6.07, 6.45) is -3.53. The van der Waals surface area contributed by atoms with Gasteiger partial charge in [0.1, 0.15) is 5.82 Å². The van der Waals surface area contributed by atoms with Crippen LogP contribution >= 0.6 is 0 Å². The normalized spacial score (nSPS) is 15.3. The van der Waals surface area contributed by atoms with Gasteiger partial charge in [0.25, 0.3) is 5.56 Å². The van der Waals surface area contributed by atoms with Gasteiger partial charge in [-0.25, -0.2) is 4.98 Å². The summed E-state index contributed by atoms with van der Waals surface area (Å²) < 4.78 is 34.7. The molecule has 0 radical (unpaired) electrons. The Morgan fingerprint density at radius 2 is 1.93 bits per heavy atom. The molecule has 6 nitrogen and oxygen atoms in total. The second kappa shape index (κ2) is 6.65. The van der Waals surface area contributed by atoms with Crippen LogP contribution in [-0.2, 0) is 24.8 Å². The van der Waals surface area contributed by atoms with Crippen LogP contribution in [0.4, 0.5) is 14.5 Å². The van der Waals surface area contributed by atoms with Gasteiger partial charge in [-0.2, -0.15) is 8.78 Å². The molecular formula is C21H19F2N3O3. The molecule has 0 saturated carbocycles. The van der Waals surface area contributed by atoms with E-state index >= 15 is 0 Å². The lowest BCUT2D eigenvalue weighted by molar-refractivity contribution is -0.193. The number of carbonyl (C=O) groups is 1. The molecule has 1 aliphatic heterocycles. The first-order valence-electron chi connectivity index (χ1n) is 9.20. The number of nitrogens with zero attached hydrogens (tertiary/aromatic N) is 3. The van der Waals surface area contributed by atoms with Crippen molar-refractivity contribution >= 4 is 22.5 Å². The molecular weight excluding hydrogens is 380 g/mol. The molecule has 1 aromatic heterocycles.